The lowest BCUT2D eigenvalue weighted by Gasteiger charge is -2.62. The Labute approximate surface area is 145 Å². The first-order valence-electron chi connectivity index (χ1n) is 9.31. The Morgan fingerprint density at radius 1 is 1.12 bits per heavy atom. The number of carbonyl (C=O) groups is 2. The lowest BCUT2D eigenvalue weighted by Crippen LogP contribution is -2.58. The first kappa shape index (κ1) is 17.5. The lowest BCUT2D eigenvalue weighted by atomic mass is 9.45. The third kappa shape index (κ3) is 3.00. The van der Waals surface area contributed by atoms with Crippen LogP contribution >= 0.6 is 0 Å². The molecule has 0 aromatic rings. The highest BCUT2D eigenvalue weighted by Crippen LogP contribution is 2.64. The molecule has 0 heterocycles. The molecule has 0 aromatic heterocycles. The molecule has 4 aliphatic rings. The van der Waals surface area contributed by atoms with Gasteiger partial charge in [0.1, 0.15) is 5.60 Å². The third-order valence-corrected chi connectivity index (χ3v) is 6.84. The lowest BCUT2D eigenvalue weighted by molar-refractivity contribution is -0.208. The van der Waals surface area contributed by atoms with Crippen molar-refractivity contribution in [1.29, 1.82) is 0 Å². The zero-order valence-corrected chi connectivity index (χ0v) is 15.2. The van der Waals surface area contributed by atoms with Gasteiger partial charge in [-0.05, 0) is 76.5 Å². The van der Waals surface area contributed by atoms with Gasteiger partial charge >= 0.3 is 11.9 Å². The Morgan fingerprint density at radius 2 is 1.62 bits per heavy atom. The molecule has 4 nitrogen and oxygen atoms in total. The monoisotopic (exact) mass is 334 g/mol. The maximum atomic E-state index is 12.3. The van der Waals surface area contributed by atoms with Gasteiger partial charge in [-0.1, -0.05) is 13.5 Å². The van der Waals surface area contributed by atoms with Crippen LogP contribution in [0.25, 0.3) is 0 Å². The van der Waals surface area contributed by atoms with Crippen LogP contribution in [0, 0.1) is 23.2 Å². The molecule has 0 saturated heterocycles. The van der Waals surface area contributed by atoms with Crippen molar-refractivity contribution in [3.05, 3.63) is 12.2 Å². The summed E-state index contributed by atoms with van der Waals surface area (Å²) in [5.74, 6) is 1.44. The summed E-state index contributed by atoms with van der Waals surface area (Å²) in [6.07, 6.45) is 8.45. The Bertz CT molecular complexity index is 515. The van der Waals surface area contributed by atoms with Crippen LogP contribution in [-0.2, 0) is 19.1 Å². The van der Waals surface area contributed by atoms with Crippen LogP contribution in [-0.4, -0.2) is 24.1 Å². The molecule has 0 amide bonds. The van der Waals surface area contributed by atoms with E-state index in [4.69, 9.17) is 9.47 Å². The van der Waals surface area contributed by atoms with Crippen molar-refractivity contribution in [1.82, 2.24) is 0 Å². The number of esters is 2. The maximum Gasteiger partial charge on any atom is 0.344 e. The van der Waals surface area contributed by atoms with Gasteiger partial charge in [0.2, 0.25) is 0 Å². The van der Waals surface area contributed by atoms with Crippen molar-refractivity contribution in [3.63, 3.8) is 0 Å². The zero-order valence-electron chi connectivity index (χ0n) is 15.2. The van der Waals surface area contributed by atoms with Gasteiger partial charge in [0, 0.05) is 11.0 Å². The van der Waals surface area contributed by atoms with E-state index in [9.17, 15) is 9.59 Å². The molecule has 1 atom stereocenters. The van der Waals surface area contributed by atoms with Crippen LogP contribution < -0.4 is 0 Å². The smallest absolute Gasteiger partial charge is 0.344 e. The summed E-state index contributed by atoms with van der Waals surface area (Å²) in [6, 6.07) is 0. The quantitative estimate of drug-likeness (QED) is 0.543. The molecule has 24 heavy (non-hydrogen) atoms. The molecule has 0 N–H and O–H groups in total. The van der Waals surface area contributed by atoms with Gasteiger partial charge in [0.05, 0.1) is 0 Å². The molecule has 4 rings (SSSR count). The second-order valence-corrected chi connectivity index (χ2v) is 8.61. The van der Waals surface area contributed by atoms with Crippen LogP contribution in [0.4, 0.5) is 0 Å². The van der Waals surface area contributed by atoms with E-state index < -0.39 is 17.5 Å². The van der Waals surface area contributed by atoms with Gasteiger partial charge in [-0.15, -0.1) is 0 Å². The number of rotatable bonds is 6. The molecule has 1 unspecified atom stereocenters. The highest BCUT2D eigenvalue weighted by atomic mass is 16.6. The summed E-state index contributed by atoms with van der Waals surface area (Å²) in [4.78, 5) is 23.8. The third-order valence-electron chi connectivity index (χ3n) is 6.84. The highest BCUT2D eigenvalue weighted by molar-refractivity contribution is 5.88. The van der Waals surface area contributed by atoms with Gasteiger partial charge in [0.25, 0.3) is 0 Å². The number of ether oxygens (including phenoxy) is 2. The summed E-state index contributed by atoms with van der Waals surface area (Å²) in [7, 11) is 0. The zero-order chi connectivity index (χ0) is 17.5. The molecule has 4 aliphatic carbocycles. The minimum atomic E-state index is -0.542. The molecule has 4 saturated carbocycles. The predicted octanol–water partition coefficient (Wildman–Crippen LogP) is 4.03. The van der Waals surface area contributed by atoms with E-state index in [0.29, 0.717) is 5.57 Å². The van der Waals surface area contributed by atoms with E-state index in [1.54, 1.807) is 6.92 Å². The normalized spacial score (nSPS) is 36.0. The van der Waals surface area contributed by atoms with Crippen molar-refractivity contribution < 1.29 is 19.1 Å². The average molecular weight is 334 g/mol. The molecule has 4 fully saturated rings. The molecule has 0 radical (unpaired) electrons. The highest BCUT2D eigenvalue weighted by Gasteiger charge is 2.59. The van der Waals surface area contributed by atoms with E-state index in [0.717, 1.165) is 24.2 Å². The minimum Gasteiger partial charge on any atom is -0.456 e. The van der Waals surface area contributed by atoms with Crippen molar-refractivity contribution in [3.8, 4) is 0 Å². The SMILES string of the molecule is C=C(C)C(=O)OCC(=O)OC(C)(CC)C12CC3CC(CC(C3)C1)C2. The fourth-order valence-corrected chi connectivity index (χ4v) is 5.84. The molecule has 134 valence electrons. The molecule has 4 heteroatoms. The van der Waals surface area contributed by atoms with Crippen LogP contribution in [0.2, 0.25) is 0 Å². The minimum absolute atomic E-state index is 0.116. The van der Waals surface area contributed by atoms with Crippen molar-refractivity contribution in [2.45, 2.75) is 71.3 Å². The van der Waals surface area contributed by atoms with E-state index in [2.05, 4.69) is 20.4 Å². The largest absolute Gasteiger partial charge is 0.456 e. The van der Waals surface area contributed by atoms with Gasteiger partial charge in [-0.2, -0.15) is 0 Å². The van der Waals surface area contributed by atoms with Gasteiger partial charge < -0.3 is 9.47 Å². The molecule has 0 spiro atoms. The Kier molecular flexibility index (Phi) is 4.52. The molecule has 0 aliphatic heterocycles. The summed E-state index contributed by atoms with van der Waals surface area (Å²) in [5, 5.41) is 0. The van der Waals surface area contributed by atoms with Crippen LogP contribution in [0.1, 0.15) is 65.7 Å². The Hall–Kier alpha value is -1.32. The fourth-order valence-electron chi connectivity index (χ4n) is 5.84. The summed E-state index contributed by atoms with van der Waals surface area (Å²) in [5.41, 5.74) is -0.0533. The summed E-state index contributed by atoms with van der Waals surface area (Å²) in [6.45, 7) is 8.97. The van der Waals surface area contributed by atoms with Gasteiger partial charge in [0.15, 0.2) is 6.61 Å². The van der Waals surface area contributed by atoms with Crippen LogP contribution in [0.15, 0.2) is 12.2 Å². The molecule has 4 bridgehead atoms. The van der Waals surface area contributed by atoms with Crippen LogP contribution in [0.5, 0.6) is 0 Å². The van der Waals surface area contributed by atoms with Gasteiger partial charge in [-0.3, -0.25) is 0 Å². The number of hydrogen-bond acceptors (Lipinski definition) is 4. The number of carbonyl (C=O) groups excluding carboxylic acids is 2. The fraction of sp³-hybridized carbons (Fsp3) is 0.800. The van der Waals surface area contributed by atoms with Crippen LogP contribution in [0.3, 0.4) is 0 Å². The average Bonchev–Trinajstić information content (AvgIpc) is 2.50. The number of hydrogen-bond donors (Lipinski definition) is 0. The summed E-state index contributed by atoms with van der Waals surface area (Å²) >= 11 is 0. The van der Waals surface area contributed by atoms with E-state index in [-0.39, 0.29) is 12.0 Å². The Balaban J connectivity index is 1.69. The standard InChI is InChI=1S/C20H30O4/c1-5-19(4,24-17(21)12-23-18(22)13(2)3)20-9-14-6-15(10-20)8-16(7-14)11-20/h14-16H,2,5-12H2,1,3-4H3. The second-order valence-electron chi connectivity index (χ2n) is 8.61. The molecular weight excluding hydrogens is 304 g/mol. The van der Waals surface area contributed by atoms with Crippen molar-refractivity contribution in [2.75, 3.05) is 6.61 Å². The maximum absolute atomic E-state index is 12.3. The second kappa shape index (κ2) is 6.20. The molecular formula is C20H30O4. The van der Waals surface area contributed by atoms with Gasteiger partial charge in [-0.25, -0.2) is 9.59 Å². The Morgan fingerprint density at radius 3 is 2.04 bits per heavy atom. The van der Waals surface area contributed by atoms with Crippen molar-refractivity contribution >= 4 is 11.9 Å². The summed E-state index contributed by atoms with van der Waals surface area (Å²) < 4.78 is 10.9. The van der Waals surface area contributed by atoms with Crippen molar-refractivity contribution in [2.24, 2.45) is 23.2 Å². The van der Waals surface area contributed by atoms with E-state index in [1.807, 2.05) is 0 Å². The topological polar surface area (TPSA) is 52.6 Å². The van der Waals surface area contributed by atoms with E-state index in [1.165, 1.54) is 38.5 Å². The molecule has 0 aromatic carbocycles. The van der Waals surface area contributed by atoms with E-state index >= 15 is 0 Å². The predicted molar refractivity (Wildman–Crippen MR) is 91.2 cm³/mol. The first-order valence-corrected chi connectivity index (χ1v) is 9.31. The first-order chi connectivity index (χ1) is 11.3.